The Morgan fingerprint density at radius 3 is 2.56 bits per heavy atom. The number of ether oxygens (including phenoxy) is 1. The van der Waals surface area contributed by atoms with Gasteiger partial charge in [-0.3, -0.25) is 0 Å². The lowest BCUT2D eigenvalue weighted by Gasteiger charge is -2.15. The highest BCUT2D eigenvalue weighted by Gasteiger charge is 2.12. The zero-order valence-electron chi connectivity index (χ0n) is 10.3. The minimum atomic E-state index is 0.702. The van der Waals surface area contributed by atoms with Crippen molar-refractivity contribution in [2.24, 2.45) is 5.73 Å². The monoisotopic (exact) mass is 241 g/mol. The molecule has 0 aliphatic rings. The van der Waals surface area contributed by atoms with Gasteiger partial charge in [-0.2, -0.15) is 0 Å². The van der Waals surface area contributed by atoms with Gasteiger partial charge >= 0.3 is 0 Å². The van der Waals surface area contributed by atoms with Gasteiger partial charge in [-0.1, -0.05) is 11.6 Å². The second-order valence-electron chi connectivity index (χ2n) is 4.06. The van der Waals surface area contributed by atoms with Crippen LogP contribution in [0, 0.1) is 13.8 Å². The molecule has 0 bridgehead atoms. The van der Waals surface area contributed by atoms with Gasteiger partial charge in [-0.25, -0.2) is 0 Å². The van der Waals surface area contributed by atoms with Gasteiger partial charge in [0.05, 0.1) is 12.1 Å². The molecule has 0 heterocycles. The van der Waals surface area contributed by atoms with Crippen molar-refractivity contribution in [3.05, 3.63) is 27.8 Å². The molecule has 0 aliphatic heterocycles. The lowest BCUT2D eigenvalue weighted by atomic mass is 9.97. The number of rotatable bonds is 5. The molecular weight excluding hydrogens is 222 g/mol. The Labute approximate surface area is 103 Å². The Morgan fingerprint density at radius 1 is 1.31 bits per heavy atom. The maximum absolute atomic E-state index is 6.17. The third-order valence-corrected chi connectivity index (χ3v) is 3.24. The van der Waals surface area contributed by atoms with Crippen LogP contribution in [0.25, 0.3) is 0 Å². The largest absolute Gasteiger partial charge is 0.495 e. The zero-order valence-corrected chi connectivity index (χ0v) is 11.0. The highest BCUT2D eigenvalue weighted by atomic mass is 35.5. The smallest absolute Gasteiger partial charge is 0.140 e. The van der Waals surface area contributed by atoms with Crippen LogP contribution >= 0.6 is 11.6 Å². The molecule has 0 spiro atoms. The number of nitrogens with two attached hydrogens (primary N) is 1. The van der Waals surface area contributed by atoms with Crippen LogP contribution < -0.4 is 10.5 Å². The van der Waals surface area contributed by atoms with E-state index in [1.54, 1.807) is 7.11 Å². The van der Waals surface area contributed by atoms with Crippen LogP contribution in [0.3, 0.4) is 0 Å². The fourth-order valence-electron chi connectivity index (χ4n) is 1.88. The lowest BCUT2D eigenvalue weighted by Crippen LogP contribution is -2.02. The Hall–Kier alpha value is -0.730. The fraction of sp³-hybridized carbons (Fsp3) is 0.538. The minimum Gasteiger partial charge on any atom is -0.495 e. The normalized spacial score (nSPS) is 10.6. The van der Waals surface area contributed by atoms with E-state index in [1.165, 1.54) is 16.7 Å². The van der Waals surface area contributed by atoms with E-state index >= 15 is 0 Å². The molecule has 1 aromatic carbocycles. The van der Waals surface area contributed by atoms with Crippen LogP contribution in [0.2, 0.25) is 5.02 Å². The molecule has 0 fully saturated rings. The van der Waals surface area contributed by atoms with Gasteiger partial charge in [-0.15, -0.1) is 0 Å². The summed E-state index contributed by atoms with van der Waals surface area (Å²) in [5.74, 6) is 0.821. The van der Waals surface area contributed by atoms with Gasteiger partial charge in [0.1, 0.15) is 5.75 Å². The number of methoxy groups -OCH3 is 1. The van der Waals surface area contributed by atoms with E-state index in [2.05, 4.69) is 13.8 Å². The summed E-state index contributed by atoms with van der Waals surface area (Å²) in [6, 6.07) is 1.96. The summed E-state index contributed by atoms with van der Waals surface area (Å²) in [6.45, 7) is 4.93. The molecule has 0 unspecified atom stereocenters. The number of aryl methyl sites for hydroxylation is 1. The summed E-state index contributed by atoms with van der Waals surface area (Å²) >= 11 is 6.17. The lowest BCUT2D eigenvalue weighted by molar-refractivity contribution is 0.408. The van der Waals surface area contributed by atoms with Crippen LogP contribution in [-0.2, 0) is 6.42 Å². The van der Waals surface area contributed by atoms with Gasteiger partial charge in [-0.05, 0) is 62.4 Å². The molecule has 0 saturated carbocycles. The average molecular weight is 242 g/mol. The molecular formula is C13H20ClNO. The van der Waals surface area contributed by atoms with Crippen LogP contribution in [0.1, 0.15) is 29.5 Å². The Balaban J connectivity index is 3.02. The maximum atomic E-state index is 6.17. The molecule has 90 valence electrons. The maximum Gasteiger partial charge on any atom is 0.140 e. The third kappa shape index (κ3) is 2.89. The standard InChI is InChI=1S/C13H20ClNO/c1-9-8-12(14)13(16-3)11(10(9)2)6-4-5-7-15/h8H,4-7,15H2,1-3H3. The Bertz CT molecular complexity index is 363. The van der Waals surface area contributed by atoms with Crippen molar-refractivity contribution in [2.45, 2.75) is 33.1 Å². The molecule has 0 aromatic heterocycles. The van der Waals surface area contributed by atoms with Crippen molar-refractivity contribution in [3.63, 3.8) is 0 Å². The predicted molar refractivity (Wildman–Crippen MR) is 69.5 cm³/mol. The van der Waals surface area contributed by atoms with E-state index in [1.807, 2.05) is 6.07 Å². The molecule has 0 saturated heterocycles. The van der Waals surface area contributed by atoms with Crippen molar-refractivity contribution < 1.29 is 4.74 Å². The van der Waals surface area contributed by atoms with Crippen LogP contribution in [0.4, 0.5) is 0 Å². The zero-order chi connectivity index (χ0) is 12.1. The van der Waals surface area contributed by atoms with E-state index in [-0.39, 0.29) is 0 Å². The molecule has 16 heavy (non-hydrogen) atoms. The van der Waals surface area contributed by atoms with Gasteiger partial charge in [0.2, 0.25) is 0 Å². The van der Waals surface area contributed by atoms with Crippen LogP contribution in [0.5, 0.6) is 5.75 Å². The van der Waals surface area contributed by atoms with Gasteiger partial charge in [0, 0.05) is 0 Å². The Morgan fingerprint density at radius 2 is 2.00 bits per heavy atom. The summed E-state index contributed by atoms with van der Waals surface area (Å²) in [7, 11) is 1.67. The number of benzene rings is 1. The predicted octanol–water partition coefficient (Wildman–Crippen LogP) is 3.25. The second kappa shape index (κ2) is 6.12. The quantitative estimate of drug-likeness (QED) is 0.804. The molecule has 2 nitrogen and oxygen atoms in total. The van der Waals surface area contributed by atoms with Crippen molar-refractivity contribution in [3.8, 4) is 5.75 Å². The first kappa shape index (κ1) is 13.3. The molecule has 0 aliphatic carbocycles. The van der Waals surface area contributed by atoms with Gasteiger partial charge in [0.25, 0.3) is 0 Å². The second-order valence-corrected chi connectivity index (χ2v) is 4.47. The summed E-state index contributed by atoms with van der Waals surface area (Å²) in [5.41, 5.74) is 9.22. The molecule has 1 aromatic rings. The SMILES string of the molecule is COc1c(Cl)cc(C)c(C)c1CCCCN. The molecule has 0 radical (unpaired) electrons. The summed E-state index contributed by atoms with van der Waals surface area (Å²) in [5, 5.41) is 0.702. The van der Waals surface area contributed by atoms with E-state index in [0.29, 0.717) is 5.02 Å². The van der Waals surface area contributed by atoms with Crippen molar-refractivity contribution >= 4 is 11.6 Å². The summed E-state index contributed by atoms with van der Waals surface area (Å²) in [6.07, 6.45) is 3.09. The summed E-state index contributed by atoms with van der Waals surface area (Å²) < 4.78 is 5.38. The van der Waals surface area contributed by atoms with Crippen molar-refractivity contribution in [2.75, 3.05) is 13.7 Å². The molecule has 0 amide bonds. The van der Waals surface area contributed by atoms with E-state index in [4.69, 9.17) is 22.1 Å². The fourth-order valence-corrected chi connectivity index (χ4v) is 2.24. The molecule has 2 N–H and O–H groups in total. The van der Waals surface area contributed by atoms with Crippen LogP contribution in [0.15, 0.2) is 6.07 Å². The van der Waals surface area contributed by atoms with Crippen molar-refractivity contribution in [1.29, 1.82) is 0 Å². The highest BCUT2D eigenvalue weighted by molar-refractivity contribution is 6.32. The number of hydrogen-bond donors (Lipinski definition) is 1. The first-order valence-corrected chi connectivity index (χ1v) is 6.02. The topological polar surface area (TPSA) is 35.2 Å². The minimum absolute atomic E-state index is 0.702. The van der Waals surface area contributed by atoms with Crippen molar-refractivity contribution in [1.82, 2.24) is 0 Å². The molecule has 3 heteroatoms. The first-order valence-electron chi connectivity index (χ1n) is 5.64. The average Bonchev–Trinajstić information content (AvgIpc) is 2.25. The summed E-state index contributed by atoms with van der Waals surface area (Å²) in [4.78, 5) is 0. The van der Waals surface area contributed by atoms with E-state index in [0.717, 1.165) is 31.6 Å². The number of hydrogen-bond acceptors (Lipinski definition) is 2. The van der Waals surface area contributed by atoms with E-state index < -0.39 is 0 Å². The first-order chi connectivity index (χ1) is 7.61. The number of halogens is 1. The van der Waals surface area contributed by atoms with E-state index in [9.17, 15) is 0 Å². The third-order valence-electron chi connectivity index (χ3n) is 2.96. The van der Waals surface area contributed by atoms with Gasteiger partial charge < -0.3 is 10.5 Å². The van der Waals surface area contributed by atoms with Gasteiger partial charge in [0.15, 0.2) is 0 Å². The molecule has 1 rings (SSSR count). The Kier molecular flexibility index (Phi) is 5.10. The highest BCUT2D eigenvalue weighted by Crippen LogP contribution is 2.34. The van der Waals surface area contributed by atoms with Crippen LogP contribution in [-0.4, -0.2) is 13.7 Å². The molecule has 0 atom stereocenters. The number of unbranched alkanes of at least 4 members (excludes halogenated alkanes) is 1.